The van der Waals surface area contributed by atoms with Crippen molar-refractivity contribution in [3.05, 3.63) is 41.4 Å². The summed E-state index contributed by atoms with van der Waals surface area (Å²) in [5.74, 6) is 1.85. The maximum Gasteiger partial charge on any atom is 0.162 e. The van der Waals surface area contributed by atoms with Gasteiger partial charge in [-0.15, -0.1) is 11.3 Å². The number of hydrogen-bond donors (Lipinski definition) is 1. The van der Waals surface area contributed by atoms with Gasteiger partial charge in [-0.1, -0.05) is 12.1 Å². The van der Waals surface area contributed by atoms with Gasteiger partial charge in [0, 0.05) is 92.6 Å². The number of piperazine rings is 1. The molecule has 0 bridgehead atoms. The topological polar surface area (TPSA) is 69.8 Å². The summed E-state index contributed by atoms with van der Waals surface area (Å²) in [6.07, 6.45) is 4.34. The van der Waals surface area contributed by atoms with Gasteiger partial charge in [0.05, 0.1) is 23.4 Å². The molecule has 4 aromatic rings. The molecule has 0 radical (unpaired) electrons. The third kappa shape index (κ3) is 4.75. The number of H-pyrrole nitrogens is 1. The minimum Gasteiger partial charge on any atom is -0.381 e. The molecule has 3 aliphatic rings. The quantitative estimate of drug-likeness (QED) is 0.429. The van der Waals surface area contributed by atoms with Crippen LogP contribution in [0, 0.1) is 0 Å². The molecular weight excluding hydrogens is 484 g/mol. The van der Waals surface area contributed by atoms with Crippen molar-refractivity contribution in [2.24, 2.45) is 0 Å². The second-order valence-electron chi connectivity index (χ2n) is 10.3. The predicted octanol–water partition coefficient (Wildman–Crippen LogP) is 3.97. The number of benzene rings is 1. The van der Waals surface area contributed by atoms with Gasteiger partial charge in [-0.05, 0) is 31.0 Å². The van der Waals surface area contributed by atoms with Gasteiger partial charge >= 0.3 is 0 Å². The van der Waals surface area contributed by atoms with E-state index in [-0.39, 0.29) is 0 Å². The number of ether oxygens (including phenoxy) is 2. The number of hydrogen-bond acceptors (Lipinski definition) is 8. The van der Waals surface area contributed by atoms with Crippen LogP contribution in [0.25, 0.3) is 32.5 Å². The zero-order valence-electron chi connectivity index (χ0n) is 21.2. The third-order valence-corrected chi connectivity index (χ3v) is 9.15. The standard InChI is InChI=1S/C28H34N6O2S/c1-2-23(22-4-7-29-24(22)3-1)27-30-25-18-21(37-26(25)28(31-27)34-12-16-36-17-13-34)19-32-8-10-33(11-9-32)20-5-14-35-15-6-20/h1-4,7,18,20,29H,5-6,8-17,19H2. The Bertz CT molecular complexity index is 1370. The molecule has 7 rings (SSSR count). The first-order valence-electron chi connectivity index (χ1n) is 13.6. The predicted molar refractivity (Wildman–Crippen MR) is 148 cm³/mol. The molecular formula is C28H34N6O2S. The molecule has 3 aromatic heterocycles. The Kier molecular flexibility index (Phi) is 6.56. The Morgan fingerprint density at radius 3 is 2.57 bits per heavy atom. The van der Waals surface area contributed by atoms with E-state index < -0.39 is 0 Å². The lowest BCUT2D eigenvalue weighted by Crippen LogP contribution is -2.51. The van der Waals surface area contributed by atoms with E-state index in [0.29, 0.717) is 6.04 Å². The van der Waals surface area contributed by atoms with Gasteiger partial charge in [0.2, 0.25) is 0 Å². The van der Waals surface area contributed by atoms with E-state index in [0.717, 1.165) is 106 Å². The average Bonchev–Trinajstić information content (AvgIpc) is 3.60. The highest BCUT2D eigenvalue weighted by Gasteiger charge is 2.26. The smallest absolute Gasteiger partial charge is 0.162 e. The van der Waals surface area contributed by atoms with Crippen molar-refractivity contribution < 1.29 is 9.47 Å². The fourth-order valence-electron chi connectivity index (χ4n) is 5.99. The van der Waals surface area contributed by atoms with Crippen LogP contribution in [-0.4, -0.2) is 96.5 Å². The number of aromatic amines is 1. The van der Waals surface area contributed by atoms with Crippen LogP contribution in [0.2, 0.25) is 0 Å². The lowest BCUT2D eigenvalue weighted by Gasteiger charge is -2.40. The highest BCUT2D eigenvalue weighted by molar-refractivity contribution is 7.19. The molecule has 3 saturated heterocycles. The molecule has 1 aromatic carbocycles. The largest absolute Gasteiger partial charge is 0.381 e. The number of anilines is 1. The minimum atomic E-state index is 0.703. The summed E-state index contributed by atoms with van der Waals surface area (Å²) in [4.78, 5) is 22.6. The number of morpholine rings is 1. The van der Waals surface area contributed by atoms with Gasteiger partial charge in [-0.25, -0.2) is 9.97 Å². The molecule has 3 fully saturated rings. The third-order valence-electron chi connectivity index (χ3n) is 8.04. The van der Waals surface area contributed by atoms with Crippen molar-refractivity contribution >= 4 is 38.3 Å². The van der Waals surface area contributed by atoms with Gasteiger partial charge in [0.15, 0.2) is 11.6 Å². The van der Waals surface area contributed by atoms with E-state index in [1.165, 1.54) is 22.4 Å². The van der Waals surface area contributed by atoms with Gasteiger partial charge < -0.3 is 19.4 Å². The number of rotatable bonds is 5. The van der Waals surface area contributed by atoms with Crippen LogP contribution < -0.4 is 4.90 Å². The van der Waals surface area contributed by atoms with Crippen LogP contribution in [-0.2, 0) is 16.0 Å². The van der Waals surface area contributed by atoms with Crippen molar-refractivity contribution in [3.8, 4) is 11.4 Å². The van der Waals surface area contributed by atoms with Crippen LogP contribution in [0.3, 0.4) is 0 Å². The number of nitrogens with one attached hydrogen (secondary N) is 1. The molecule has 0 amide bonds. The fraction of sp³-hybridized carbons (Fsp3) is 0.500. The Morgan fingerprint density at radius 2 is 1.73 bits per heavy atom. The molecule has 194 valence electrons. The van der Waals surface area contributed by atoms with Gasteiger partial charge in [-0.2, -0.15) is 0 Å². The summed E-state index contributed by atoms with van der Waals surface area (Å²) in [5.41, 5.74) is 3.24. The monoisotopic (exact) mass is 518 g/mol. The second kappa shape index (κ2) is 10.3. The van der Waals surface area contributed by atoms with Gasteiger partial charge in [-0.3, -0.25) is 9.80 Å². The second-order valence-corrected chi connectivity index (χ2v) is 11.4. The molecule has 0 spiro atoms. The van der Waals surface area contributed by atoms with E-state index in [2.05, 4.69) is 50.0 Å². The molecule has 0 atom stereocenters. The summed E-state index contributed by atoms with van der Waals surface area (Å²) >= 11 is 1.86. The maximum absolute atomic E-state index is 5.65. The van der Waals surface area contributed by atoms with Crippen molar-refractivity contribution in [1.82, 2.24) is 24.8 Å². The molecule has 3 aliphatic heterocycles. The Hall–Kier alpha value is -2.56. The lowest BCUT2D eigenvalue weighted by molar-refractivity contribution is 0.0127. The summed E-state index contributed by atoms with van der Waals surface area (Å²) in [7, 11) is 0. The number of nitrogens with zero attached hydrogens (tertiary/aromatic N) is 5. The van der Waals surface area contributed by atoms with Crippen molar-refractivity contribution in [3.63, 3.8) is 0 Å². The molecule has 1 N–H and O–H groups in total. The molecule has 8 nitrogen and oxygen atoms in total. The summed E-state index contributed by atoms with van der Waals surface area (Å²) < 4.78 is 12.4. The molecule has 9 heteroatoms. The van der Waals surface area contributed by atoms with E-state index >= 15 is 0 Å². The Labute approximate surface area is 221 Å². The molecule has 0 saturated carbocycles. The van der Waals surface area contributed by atoms with Crippen LogP contribution >= 0.6 is 11.3 Å². The van der Waals surface area contributed by atoms with E-state index in [9.17, 15) is 0 Å². The van der Waals surface area contributed by atoms with Crippen LogP contribution in [0.4, 0.5) is 5.82 Å². The van der Waals surface area contributed by atoms with Crippen LogP contribution in [0.5, 0.6) is 0 Å². The minimum absolute atomic E-state index is 0.703. The molecule has 6 heterocycles. The van der Waals surface area contributed by atoms with E-state index in [1.54, 1.807) is 0 Å². The number of aromatic nitrogens is 3. The number of fused-ring (bicyclic) bond motifs is 2. The van der Waals surface area contributed by atoms with Gasteiger partial charge in [0.1, 0.15) is 0 Å². The van der Waals surface area contributed by atoms with Crippen LogP contribution in [0.15, 0.2) is 36.5 Å². The normalized spacial score (nSPS) is 20.8. The lowest BCUT2D eigenvalue weighted by atomic mass is 10.1. The van der Waals surface area contributed by atoms with E-state index in [4.69, 9.17) is 19.4 Å². The Morgan fingerprint density at radius 1 is 0.919 bits per heavy atom. The first kappa shape index (κ1) is 23.5. The van der Waals surface area contributed by atoms with Crippen molar-refractivity contribution in [1.29, 1.82) is 0 Å². The zero-order chi connectivity index (χ0) is 24.6. The van der Waals surface area contributed by atoms with Gasteiger partial charge in [0.25, 0.3) is 0 Å². The molecule has 37 heavy (non-hydrogen) atoms. The first-order chi connectivity index (χ1) is 18.3. The zero-order valence-corrected chi connectivity index (χ0v) is 22.0. The highest BCUT2D eigenvalue weighted by Crippen LogP contribution is 2.36. The molecule has 0 unspecified atom stereocenters. The number of thiophene rings is 1. The summed E-state index contributed by atoms with van der Waals surface area (Å²) in [6, 6.07) is 11.4. The Balaban J connectivity index is 1.17. The summed E-state index contributed by atoms with van der Waals surface area (Å²) in [5, 5.41) is 1.16. The molecule has 0 aliphatic carbocycles. The first-order valence-corrected chi connectivity index (χ1v) is 14.4. The van der Waals surface area contributed by atoms with E-state index in [1.807, 2.05) is 17.5 Å². The highest BCUT2D eigenvalue weighted by atomic mass is 32.1. The van der Waals surface area contributed by atoms with Crippen molar-refractivity contribution in [2.45, 2.75) is 25.4 Å². The van der Waals surface area contributed by atoms with Crippen LogP contribution in [0.1, 0.15) is 17.7 Å². The fourth-order valence-corrected chi connectivity index (χ4v) is 7.14. The SMILES string of the molecule is c1cc(-c2nc(N3CCOCC3)c3sc(CN4CCN(C5CCOCC5)CC4)cc3n2)c2cc[nH]c2c1. The maximum atomic E-state index is 5.65. The summed E-state index contributed by atoms with van der Waals surface area (Å²) in [6.45, 7) is 10.6. The van der Waals surface area contributed by atoms with Crippen molar-refractivity contribution in [2.75, 3.05) is 70.6 Å². The average molecular weight is 519 g/mol.